The Bertz CT molecular complexity index is 541. The number of ketones is 1. The summed E-state index contributed by atoms with van der Waals surface area (Å²) in [7, 11) is 1.32. The van der Waals surface area contributed by atoms with Gasteiger partial charge in [-0.25, -0.2) is 0 Å². The quantitative estimate of drug-likeness (QED) is 0.616. The second kappa shape index (κ2) is 6.61. The minimum atomic E-state index is -0.367. The number of likely N-dealkylation sites (N-methyl/N-ethyl adjacent to an activating group) is 1. The number of nitrogens with zero attached hydrogens (tertiary/aromatic N) is 1. The molecule has 0 fully saturated rings. The zero-order valence-electron chi connectivity index (χ0n) is 12.7. The van der Waals surface area contributed by atoms with Crippen molar-refractivity contribution >= 4 is 17.4 Å². The maximum absolute atomic E-state index is 12.1. The van der Waals surface area contributed by atoms with E-state index in [0.717, 1.165) is 24.5 Å². The van der Waals surface area contributed by atoms with Crippen LogP contribution in [0.15, 0.2) is 18.2 Å². The Hall–Kier alpha value is -2.04. The van der Waals surface area contributed by atoms with Gasteiger partial charge in [-0.1, -0.05) is 0 Å². The second-order valence-electron chi connectivity index (χ2n) is 5.15. The molecule has 0 amide bonds. The summed E-state index contributed by atoms with van der Waals surface area (Å²) in [4.78, 5) is 25.5. The molecule has 2 rings (SSSR count). The van der Waals surface area contributed by atoms with Crippen LogP contribution in [-0.2, 0) is 9.53 Å². The molecule has 0 saturated heterocycles. The first kappa shape index (κ1) is 15.4. The van der Waals surface area contributed by atoms with E-state index < -0.39 is 0 Å². The Kier molecular flexibility index (Phi) is 4.83. The summed E-state index contributed by atoms with van der Waals surface area (Å²) < 4.78 is 10.3. The van der Waals surface area contributed by atoms with Gasteiger partial charge in [0.1, 0.15) is 11.9 Å². The number of ether oxygens (including phenoxy) is 2. The van der Waals surface area contributed by atoms with Crippen molar-refractivity contribution in [1.29, 1.82) is 0 Å². The van der Waals surface area contributed by atoms with Gasteiger partial charge in [0.15, 0.2) is 5.78 Å². The van der Waals surface area contributed by atoms with Gasteiger partial charge in [-0.15, -0.1) is 0 Å². The molecule has 21 heavy (non-hydrogen) atoms. The van der Waals surface area contributed by atoms with E-state index in [1.165, 1.54) is 7.11 Å². The van der Waals surface area contributed by atoms with Gasteiger partial charge in [-0.05, 0) is 32.0 Å². The highest BCUT2D eigenvalue weighted by atomic mass is 16.5. The predicted molar refractivity (Wildman–Crippen MR) is 80.0 cm³/mol. The molecule has 1 heterocycles. The molecule has 0 saturated carbocycles. The van der Waals surface area contributed by atoms with Crippen molar-refractivity contribution in [3.63, 3.8) is 0 Å². The lowest BCUT2D eigenvalue weighted by Crippen LogP contribution is -2.38. The van der Waals surface area contributed by atoms with Gasteiger partial charge in [-0.3, -0.25) is 9.59 Å². The Labute approximate surface area is 124 Å². The number of Topliss-reactive ketones (excluding diaryl/α,β-unsaturated/α-hetero) is 1. The number of anilines is 1. The first-order chi connectivity index (χ1) is 10.0. The highest BCUT2D eigenvalue weighted by Gasteiger charge is 2.23. The van der Waals surface area contributed by atoms with Crippen LogP contribution >= 0.6 is 0 Å². The van der Waals surface area contributed by atoms with Gasteiger partial charge in [0.25, 0.3) is 0 Å². The SMILES string of the molecule is CCN1CC(C)Oc2ccc(C(=O)CCC(=O)OC)cc21. The lowest BCUT2D eigenvalue weighted by molar-refractivity contribution is -0.140. The first-order valence-electron chi connectivity index (χ1n) is 7.20. The van der Waals surface area contributed by atoms with Crippen LogP contribution in [-0.4, -0.2) is 38.1 Å². The van der Waals surface area contributed by atoms with E-state index >= 15 is 0 Å². The highest BCUT2D eigenvalue weighted by Crippen LogP contribution is 2.34. The van der Waals surface area contributed by atoms with Crippen LogP contribution in [0.25, 0.3) is 0 Å². The molecule has 1 unspecified atom stereocenters. The Morgan fingerprint density at radius 2 is 2.14 bits per heavy atom. The maximum atomic E-state index is 12.1. The van der Waals surface area contributed by atoms with Gasteiger partial charge < -0.3 is 14.4 Å². The van der Waals surface area contributed by atoms with Crippen molar-refractivity contribution in [3.8, 4) is 5.75 Å². The second-order valence-corrected chi connectivity index (χ2v) is 5.15. The number of rotatable bonds is 5. The smallest absolute Gasteiger partial charge is 0.305 e. The van der Waals surface area contributed by atoms with Gasteiger partial charge in [0, 0.05) is 18.5 Å². The molecule has 1 aliphatic heterocycles. The average Bonchev–Trinajstić information content (AvgIpc) is 2.50. The van der Waals surface area contributed by atoms with Crippen molar-refractivity contribution in [3.05, 3.63) is 23.8 Å². The van der Waals surface area contributed by atoms with E-state index in [0.29, 0.717) is 5.56 Å². The number of carbonyl (C=O) groups excluding carboxylic acids is 2. The number of hydrogen-bond acceptors (Lipinski definition) is 5. The third-order valence-corrected chi connectivity index (χ3v) is 3.59. The van der Waals surface area contributed by atoms with Crippen LogP contribution < -0.4 is 9.64 Å². The molecule has 1 aromatic rings. The fourth-order valence-corrected chi connectivity index (χ4v) is 2.46. The first-order valence-corrected chi connectivity index (χ1v) is 7.20. The van der Waals surface area contributed by atoms with Crippen LogP contribution in [0, 0.1) is 0 Å². The normalized spacial score (nSPS) is 16.9. The van der Waals surface area contributed by atoms with Crippen molar-refractivity contribution in [2.24, 2.45) is 0 Å². The van der Waals surface area contributed by atoms with Crippen LogP contribution in [0.1, 0.15) is 37.0 Å². The van der Waals surface area contributed by atoms with E-state index in [-0.39, 0.29) is 30.7 Å². The number of methoxy groups -OCH3 is 1. The van der Waals surface area contributed by atoms with Gasteiger partial charge in [-0.2, -0.15) is 0 Å². The molecule has 0 N–H and O–H groups in total. The summed E-state index contributed by atoms with van der Waals surface area (Å²) in [6.45, 7) is 5.78. The molecule has 0 aromatic heterocycles. The molecule has 0 spiro atoms. The lowest BCUT2D eigenvalue weighted by Gasteiger charge is -2.34. The minimum Gasteiger partial charge on any atom is -0.487 e. The molecule has 1 aliphatic rings. The summed E-state index contributed by atoms with van der Waals surface area (Å²) in [6, 6.07) is 5.44. The fourth-order valence-electron chi connectivity index (χ4n) is 2.46. The fraction of sp³-hybridized carbons (Fsp3) is 0.500. The third-order valence-electron chi connectivity index (χ3n) is 3.59. The molecule has 5 nitrogen and oxygen atoms in total. The van der Waals surface area contributed by atoms with Crippen LogP contribution in [0.3, 0.4) is 0 Å². The summed E-state index contributed by atoms with van der Waals surface area (Å²) in [5.74, 6) is 0.381. The molecule has 1 atom stereocenters. The summed E-state index contributed by atoms with van der Waals surface area (Å²) in [5.41, 5.74) is 1.55. The topological polar surface area (TPSA) is 55.8 Å². The zero-order chi connectivity index (χ0) is 15.4. The van der Waals surface area contributed by atoms with Crippen molar-refractivity contribution in [2.75, 3.05) is 25.1 Å². The van der Waals surface area contributed by atoms with E-state index in [1.807, 2.05) is 19.1 Å². The molecule has 0 bridgehead atoms. The Morgan fingerprint density at radius 3 is 2.81 bits per heavy atom. The van der Waals surface area contributed by atoms with E-state index in [1.54, 1.807) is 6.07 Å². The minimum absolute atomic E-state index is 0.0575. The number of esters is 1. The molecular weight excluding hydrogens is 270 g/mol. The molecule has 0 radical (unpaired) electrons. The molecule has 1 aromatic carbocycles. The lowest BCUT2D eigenvalue weighted by atomic mass is 10.0. The van der Waals surface area contributed by atoms with E-state index in [4.69, 9.17) is 4.74 Å². The van der Waals surface area contributed by atoms with Crippen LogP contribution in [0.5, 0.6) is 5.75 Å². The van der Waals surface area contributed by atoms with Crippen molar-refractivity contribution < 1.29 is 19.1 Å². The van der Waals surface area contributed by atoms with Crippen LogP contribution in [0.4, 0.5) is 5.69 Å². The molecule has 0 aliphatic carbocycles. The zero-order valence-corrected chi connectivity index (χ0v) is 12.7. The van der Waals surface area contributed by atoms with E-state index in [9.17, 15) is 9.59 Å². The molecular formula is C16H21NO4. The van der Waals surface area contributed by atoms with Gasteiger partial charge >= 0.3 is 5.97 Å². The van der Waals surface area contributed by atoms with Crippen molar-refractivity contribution in [2.45, 2.75) is 32.8 Å². The number of carbonyl (C=O) groups is 2. The van der Waals surface area contributed by atoms with Gasteiger partial charge in [0.2, 0.25) is 0 Å². The van der Waals surface area contributed by atoms with Crippen LogP contribution in [0.2, 0.25) is 0 Å². The summed E-state index contributed by atoms with van der Waals surface area (Å²) in [5, 5.41) is 0. The Morgan fingerprint density at radius 1 is 1.38 bits per heavy atom. The summed E-state index contributed by atoms with van der Waals surface area (Å²) >= 11 is 0. The van der Waals surface area contributed by atoms with E-state index in [2.05, 4.69) is 16.6 Å². The predicted octanol–water partition coefficient (Wildman–Crippen LogP) is 2.43. The van der Waals surface area contributed by atoms with Crippen molar-refractivity contribution in [1.82, 2.24) is 0 Å². The molecule has 5 heteroatoms. The maximum Gasteiger partial charge on any atom is 0.305 e. The Balaban J connectivity index is 2.16. The monoisotopic (exact) mass is 291 g/mol. The number of fused-ring (bicyclic) bond motifs is 1. The standard InChI is InChI=1S/C16H21NO4/c1-4-17-10-11(2)21-15-7-5-12(9-13(15)17)14(18)6-8-16(19)20-3/h5,7,9,11H,4,6,8,10H2,1-3H3. The average molecular weight is 291 g/mol. The highest BCUT2D eigenvalue weighted by molar-refractivity contribution is 5.98. The number of benzene rings is 1. The number of hydrogen-bond donors (Lipinski definition) is 0. The summed E-state index contributed by atoms with van der Waals surface area (Å²) in [6.07, 6.45) is 0.407. The van der Waals surface area contributed by atoms with Gasteiger partial charge in [0.05, 0.1) is 25.8 Å². The molecule has 114 valence electrons. The third kappa shape index (κ3) is 3.54. The largest absolute Gasteiger partial charge is 0.487 e.